The summed E-state index contributed by atoms with van der Waals surface area (Å²) in [5, 5.41) is 2.99. The highest BCUT2D eigenvalue weighted by atomic mass is 19.1. The van der Waals surface area contributed by atoms with Crippen molar-refractivity contribution in [2.24, 2.45) is 0 Å². The van der Waals surface area contributed by atoms with E-state index in [2.05, 4.69) is 5.32 Å². The Morgan fingerprint density at radius 2 is 1.68 bits per heavy atom. The molecule has 7 heteroatoms. The first kappa shape index (κ1) is 25.5. The molecule has 0 aliphatic carbocycles. The van der Waals surface area contributed by atoms with Crippen LogP contribution in [0.2, 0.25) is 0 Å². The van der Waals surface area contributed by atoms with Crippen LogP contribution in [0.25, 0.3) is 5.57 Å². The minimum absolute atomic E-state index is 0.0311. The zero-order chi connectivity index (χ0) is 26.5. The molecule has 5 rings (SSSR count). The summed E-state index contributed by atoms with van der Waals surface area (Å²) in [7, 11) is 1.37. The molecule has 1 N–H and O–H groups in total. The largest absolute Gasteiger partial charge is 0.488 e. The van der Waals surface area contributed by atoms with Crippen LogP contribution in [0.4, 0.5) is 9.18 Å². The van der Waals surface area contributed by atoms with Crippen molar-refractivity contribution in [2.75, 3.05) is 13.7 Å². The molecule has 3 aromatic carbocycles. The first-order valence-electron chi connectivity index (χ1n) is 12.9. The van der Waals surface area contributed by atoms with E-state index >= 15 is 0 Å². The first-order valence-corrected chi connectivity index (χ1v) is 12.9. The van der Waals surface area contributed by atoms with Gasteiger partial charge in [0, 0.05) is 18.2 Å². The van der Waals surface area contributed by atoms with E-state index in [1.165, 1.54) is 19.2 Å². The number of hydrogen-bond donors (Lipinski definition) is 1. The molecule has 0 spiro atoms. The van der Waals surface area contributed by atoms with Gasteiger partial charge in [-0.05, 0) is 60.6 Å². The highest BCUT2D eigenvalue weighted by molar-refractivity contribution is 6.01. The Kier molecular flexibility index (Phi) is 7.73. The van der Waals surface area contributed by atoms with Gasteiger partial charge in [0.1, 0.15) is 18.2 Å². The molecule has 2 amide bonds. The van der Waals surface area contributed by atoms with Crippen molar-refractivity contribution in [3.05, 3.63) is 107 Å². The van der Waals surface area contributed by atoms with Gasteiger partial charge >= 0.3 is 12.0 Å². The van der Waals surface area contributed by atoms with Gasteiger partial charge in [0.15, 0.2) is 0 Å². The number of carbonyl (C=O) groups is 2. The molecule has 1 fully saturated rings. The lowest BCUT2D eigenvalue weighted by molar-refractivity contribution is -0.136. The normalized spacial score (nSPS) is 18.3. The zero-order valence-corrected chi connectivity index (χ0v) is 21.4. The lowest BCUT2D eigenvalue weighted by Crippen LogP contribution is -2.51. The molecule has 0 unspecified atom stereocenters. The van der Waals surface area contributed by atoms with E-state index in [1.807, 2.05) is 54.6 Å². The molecule has 196 valence electrons. The predicted octanol–water partition coefficient (Wildman–Crippen LogP) is 5.52. The molecule has 1 saturated heterocycles. The molecule has 2 aliphatic heterocycles. The van der Waals surface area contributed by atoms with Crippen molar-refractivity contribution in [3.63, 3.8) is 0 Å². The smallest absolute Gasteiger partial charge is 0.336 e. The van der Waals surface area contributed by atoms with Crippen molar-refractivity contribution < 1.29 is 23.5 Å². The van der Waals surface area contributed by atoms with Gasteiger partial charge in [0.25, 0.3) is 0 Å². The predicted molar refractivity (Wildman–Crippen MR) is 143 cm³/mol. The Morgan fingerprint density at radius 3 is 2.45 bits per heavy atom. The Morgan fingerprint density at radius 1 is 0.947 bits per heavy atom. The van der Waals surface area contributed by atoms with Crippen LogP contribution in [0.15, 0.2) is 84.4 Å². The van der Waals surface area contributed by atoms with Crippen LogP contribution in [-0.2, 0) is 22.6 Å². The second kappa shape index (κ2) is 11.5. The number of para-hydroxylation sites is 1. The Bertz CT molecular complexity index is 1320. The van der Waals surface area contributed by atoms with Crippen molar-refractivity contribution in [1.82, 2.24) is 10.2 Å². The number of urea groups is 1. The van der Waals surface area contributed by atoms with Crippen LogP contribution < -0.4 is 10.1 Å². The van der Waals surface area contributed by atoms with E-state index in [0.29, 0.717) is 43.7 Å². The number of benzene rings is 3. The standard InChI is InChI=1S/C31H31FN2O4/c1-37-30(35)29-26(25-9-5-6-10-28(25)38-20-22-7-3-2-4-8-22)19-24-15-16-27(29)34(24)31(36)33-18-17-21-11-13-23(32)14-12-21/h2-14,24,27H,15-20H2,1H3,(H,33,36)/t24-,27+/m0/s1. The fraction of sp³-hybridized carbons (Fsp3) is 0.290. The molecule has 2 bridgehead atoms. The summed E-state index contributed by atoms with van der Waals surface area (Å²) in [6.45, 7) is 0.828. The van der Waals surface area contributed by atoms with Crippen molar-refractivity contribution in [2.45, 2.75) is 44.4 Å². The van der Waals surface area contributed by atoms with Crippen LogP contribution in [-0.4, -0.2) is 42.6 Å². The molecular formula is C31H31FN2O4. The topological polar surface area (TPSA) is 67.9 Å². The van der Waals surface area contributed by atoms with E-state index in [9.17, 15) is 14.0 Å². The number of amides is 2. The molecule has 3 aromatic rings. The number of rotatable bonds is 8. The SMILES string of the molecule is COC(=O)C1=C(c2ccccc2OCc2ccccc2)C[C@@H]2CC[C@H]1N2C(=O)NCCc1ccc(F)cc1. The van der Waals surface area contributed by atoms with Gasteiger partial charge in [0.05, 0.1) is 18.7 Å². The van der Waals surface area contributed by atoms with Crippen molar-refractivity contribution in [3.8, 4) is 5.75 Å². The summed E-state index contributed by atoms with van der Waals surface area (Å²) in [5.41, 5.74) is 4.25. The Hall–Kier alpha value is -4.13. The van der Waals surface area contributed by atoms with Crippen LogP contribution >= 0.6 is 0 Å². The van der Waals surface area contributed by atoms with Crippen LogP contribution in [0.5, 0.6) is 5.75 Å². The van der Waals surface area contributed by atoms with Gasteiger partial charge < -0.3 is 19.7 Å². The number of nitrogens with zero attached hydrogens (tertiary/aromatic N) is 1. The third-order valence-electron chi connectivity index (χ3n) is 7.29. The van der Waals surface area contributed by atoms with Crippen molar-refractivity contribution in [1.29, 1.82) is 0 Å². The number of carbonyl (C=O) groups excluding carboxylic acids is 2. The first-order chi connectivity index (χ1) is 18.5. The summed E-state index contributed by atoms with van der Waals surface area (Å²) in [6.07, 6.45) is 2.62. The van der Waals surface area contributed by atoms with Crippen molar-refractivity contribution >= 4 is 17.6 Å². The monoisotopic (exact) mass is 514 g/mol. The third kappa shape index (κ3) is 5.42. The lowest BCUT2D eigenvalue weighted by atomic mass is 9.88. The van der Waals surface area contributed by atoms with E-state index in [1.54, 1.807) is 17.0 Å². The van der Waals surface area contributed by atoms with Crippen LogP contribution in [0.3, 0.4) is 0 Å². The molecule has 38 heavy (non-hydrogen) atoms. The fourth-order valence-electron chi connectivity index (χ4n) is 5.48. The number of methoxy groups -OCH3 is 1. The van der Waals surface area contributed by atoms with Gasteiger partial charge in [-0.2, -0.15) is 0 Å². The lowest BCUT2D eigenvalue weighted by Gasteiger charge is -2.37. The number of ether oxygens (including phenoxy) is 2. The van der Waals surface area contributed by atoms with E-state index < -0.39 is 5.97 Å². The molecule has 0 saturated carbocycles. The molecule has 6 nitrogen and oxygen atoms in total. The average molecular weight is 515 g/mol. The zero-order valence-electron chi connectivity index (χ0n) is 21.4. The number of hydrogen-bond acceptors (Lipinski definition) is 4. The Balaban J connectivity index is 1.37. The molecule has 0 radical (unpaired) electrons. The number of esters is 1. The van der Waals surface area contributed by atoms with E-state index in [-0.39, 0.29) is 23.9 Å². The quantitative estimate of drug-likeness (QED) is 0.402. The maximum Gasteiger partial charge on any atom is 0.336 e. The minimum Gasteiger partial charge on any atom is -0.488 e. The fourth-order valence-corrected chi connectivity index (χ4v) is 5.48. The molecule has 2 heterocycles. The summed E-state index contributed by atoms with van der Waals surface area (Å²) in [5.74, 6) is -0.00988. The maximum atomic E-state index is 13.3. The molecule has 0 aromatic heterocycles. The van der Waals surface area contributed by atoms with Crippen LogP contribution in [0, 0.1) is 5.82 Å². The maximum absolute atomic E-state index is 13.3. The second-order valence-corrected chi connectivity index (χ2v) is 9.62. The number of halogens is 1. The molecule has 2 atom stereocenters. The summed E-state index contributed by atoms with van der Waals surface area (Å²) >= 11 is 0. The third-order valence-corrected chi connectivity index (χ3v) is 7.29. The summed E-state index contributed by atoms with van der Waals surface area (Å²) in [4.78, 5) is 28.2. The second-order valence-electron chi connectivity index (χ2n) is 9.62. The summed E-state index contributed by atoms with van der Waals surface area (Å²) in [6, 6.07) is 23.3. The van der Waals surface area contributed by atoms with Gasteiger partial charge in [-0.15, -0.1) is 0 Å². The molecular weight excluding hydrogens is 483 g/mol. The van der Waals surface area contributed by atoms with E-state index in [4.69, 9.17) is 9.47 Å². The summed E-state index contributed by atoms with van der Waals surface area (Å²) < 4.78 is 24.6. The Labute approximate surface area is 222 Å². The minimum atomic E-state index is -0.424. The highest BCUT2D eigenvalue weighted by Gasteiger charge is 2.47. The van der Waals surface area contributed by atoms with Gasteiger partial charge in [-0.1, -0.05) is 60.7 Å². The van der Waals surface area contributed by atoms with Gasteiger partial charge in [0.2, 0.25) is 0 Å². The van der Waals surface area contributed by atoms with Gasteiger partial charge in [-0.25, -0.2) is 14.0 Å². The number of nitrogens with one attached hydrogen (secondary N) is 1. The van der Waals surface area contributed by atoms with Crippen LogP contribution in [0.1, 0.15) is 36.0 Å². The average Bonchev–Trinajstić information content (AvgIpc) is 3.26. The number of fused-ring (bicyclic) bond motifs is 2. The van der Waals surface area contributed by atoms with Gasteiger partial charge in [-0.3, -0.25) is 0 Å². The highest BCUT2D eigenvalue weighted by Crippen LogP contribution is 2.45. The van der Waals surface area contributed by atoms with E-state index in [0.717, 1.165) is 28.7 Å². The molecule has 2 aliphatic rings.